The Hall–Kier alpha value is -2.89. The van der Waals surface area contributed by atoms with Crippen molar-refractivity contribution in [2.24, 2.45) is 0 Å². The van der Waals surface area contributed by atoms with Crippen LogP contribution in [0.1, 0.15) is 18.5 Å². The van der Waals surface area contributed by atoms with Gasteiger partial charge in [-0.25, -0.2) is 4.68 Å². The van der Waals surface area contributed by atoms with Gasteiger partial charge in [-0.3, -0.25) is 0 Å². The predicted molar refractivity (Wildman–Crippen MR) is 79.3 cm³/mol. The minimum Gasteiger partial charge on any atom is -0.508 e. The van der Waals surface area contributed by atoms with E-state index in [1.807, 2.05) is 36.4 Å². The number of tetrazole rings is 1. The number of anilines is 1. The van der Waals surface area contributed by atoms with Crippen LogP contribution in [0.25, 0.3) is 5.69 Å². The molecule has 106 valence electrons. The van der Waals surface area contributed by atoms with E-state index in [4.69, 9.17) is 0 Å². The van der Waals surface area contributed by atoms with Gasteiger partial charge in [0.1, 0.15) is 12.1 Å². The van der Waals surface area contributed by atoms with Crippen molar-refractivity contribution >= 4 is 5.69 Å². The molecule has 21 heavy (non-hydrogen) atoms. The van der Waals surface area contributed by atoms with Crippen LogP contribution in [0.2, 0.25) is 0 Å². The summed E-state index contributed by atoms with van der Waals surface area (Å²) in [5.41, 5.74) is 2.96. The number of hydrogen-bond donors (Lipinski definition) is 2. The van der Waals surface area contributed by atoms with E-state index in [1.165, 1.54) is 0 Å². The zero-order valence-electron chi connectivity index (χ0n) is 11.5. The first kappa shape index (κ1) is 13.1. The molecule has 0 radical (unpaired) electrons. The van der Waals surface area contributed by atoms with Gasteiger partial charge in [-0.2, -0.15) is 0 Å². The number of aromatic hydroxyl groups is 1. The van der Waals surface area contributed by atoms with Crippen molar-refractivity contribution in [3.8, 4) is 11.4 Å². The highest BCUT2D eigenvalue weighted by Crippen LogP contribution is 2.22. The zero-order valence-corrected chi connectivity index (χ0v) is 11.5. The van der Waals surface area contributed by atoms with Crippen LogP contribution in [0, 0.1) is 0 Å². The second-order valence-electron chi connectivity index (χ2n) is 4.76. The SMILES string of the molecule is CC(Nc1cccc(-n2cnnn2)c1)c1ccc(O)cc1. The first-order chi connectivity index (χ1) is 10.2. The Labute approximate surface area is 122 Å². The lowest BCUT2D eigenvalue weighted by Gasteiger charge is -2.16. The lowest BCUT2D eigenvalue weighted by molar-refractivity contribution is 0.475. The summed E-state index contributed by atoms with van der Waals surface area (Å²) in [6.45, 7) is 2.07. The molecule has 3 aromatic rings. The van der Waals surface area contributed by atoms with E-state index >= 15 is 0 Å². The van der Waals surface area contributed by atoms with Crippen LogP contribution in [-0.2, 0) is 0 Å². The van der Waals surface area contributed by atoms with Gasteiger partial charge in [0.25, 0.3) is 0 Å². The van der Waals surface area contributed by atoms with Crippen LogP contribution < -0.4 is 5.32 Å². The molecule has 0 bridgehead atoms. The molecule has 1 atom stereocenters. The smallest absolute Gasteiger partial charge is 0.143 e. The first-order valence-corrected chi connectivity index (χ1v) is 6.61. The van der Waals surface area contributed by atoms with Gasteiger partial charge >= 0.3 is 0 Å². The molecule has 1 heterocycles. The maximum absolute atomic E-state index is 9.33. The topological polar surface area (TPSA) is 75.9 Å². The Balaban J connectivity index is 1.78. The Morgan fingerprint density at radius 3 is 2.67 bits per heavy atom. The van der Waals surface area contributed by atoms with Gasteiger partial charge in [-0.1, -0.05) is 18.2 Å². The van der Waals surface area contributed by atoms with Gasteiger partial charge in [0, 0.05) is 11.7 Å². The molecule has 1 unspecified atom stereocenters. The van der Waals surface area contributed by atoms with Crippen LogP contribution in [0.4, 0.5) is 5.69 Å². The van der Waals surface area contributed by atoms with Crippen LogP contribution in [-0.4, -0.2) is 25.3 Å². The van der Waals surface area contributed by atoms with Gasteiger partial charge in [0.05, 0.1) is 5.69 Å². The summed E-state index contributed by atoms with van der Waals surface area (Å²) in [4.78, 5) is 0. The standard InChI is InChI=1S/C15H15N5O/c1-11(12-5-7-15(21)8-6-12)17-13-3-2-4-14(9-13)20-10-16-18-19-20/h2-11,17,21H,1H3. The Morgan fingerprint density at radius 2 is 1.95 bits per heavy atom. The normalized spacial score (nSPS) is 12.0. The van der Waals surface area contributed by atoms with Crippen molar-refractivity contribution < 1.29 is 5.11 Å². The number of nitrogens with zero attached hydrogens (tertiary/aromatic N) is 4. The number of phenolic OH excluding ortho intramolecular Hbond substituents is 1. The van der Waals surface area contributed by atoms with E-state index in [0.717, 1.165) is 16.9 Å². The average Bonchev–Trinajstić information content (AvgIpc) is 3.02. The van der Waals surface area contributed by atoms with Crippen LogP contribution in [0.5, 0.6) is 5.75 Å². The third-order valence-electron chi connectivity index (χ3n) is 3.24. The molecular formula is C15H15N5O. The third-order valence-corrected chi connectivity index (χ3v) is 3.24. The lowest BCUT2D eigenvalue weighted by Crippen LogP contribution is -2.07. The minimum atomic E-state index is 0.120. The van der Waals surface area contributed by atoms with E-state index in [2.05, 4.69) is 27.8 Å². The van der Waals surface area contributed by atoms with E-state index in [0.29, 0.717) is 0 Å². The Morgan fingerprint density at radius 1 is 1.14 bits per heavy atom. The lowest BCUT2D eigenvalue weighted by atomic mass is 10.1. The van der Waals surface area contributed by atoms with Crippen LogP contribution in [0.3, 0.4) is 0 Å². The molecule has 6 nitrogen and oxygen atoms in total. The predicted octanol–water partition coefficient (Wildman–Crippen LogP) is 2.54. The molecule has 0 aliphatic carbocycles. The molecule has 0 saturated heterocycles. The monoisotopic (exact) mass is 281 g/mol. The second-order valence-corrected chi connectivity index (χ2v) is 4.76. The minimum absolute atomic E-state index is 0.120. The molecule has 2 N–H and O–H groups in total. The van der Waals surface area contributed by atoms with E-state index in [1.54, 1.807) is 23.1 Å². The maximum atomic E-state index is 9.33. The van der Waals surface area contributed by atoms with Crippen molar-refractivity contribution in [3.05, 3.63) is 60.4 Å². The number of benzene rings is 2. The highest BCUT2D eigenvalue weighted by molar-refractivity contribution is 5.52. The Kier molecular flexibility index (Phi) is 3.51. The summed E-state index contributed by atoms with van der Waals surface area (Å²) in [6, 6.07) is 15.1. The molecule has 0 amide bonds. The van der Waals surface area contributed by atoms with Gasteiger partial charge in [-0.05, 0) is 53.2 Å². The molecule has 3 rings (SSSR count). The highest BCUT2D eigenvalue weighted by Gasteiger charge is 2.06. The summed E-state index contributed by atoms with van der Waals surface area (Å²) in [5, 5.41) is 23.9. The van der Waals surface area contributed by atoms with Gasteiger partial charge in [0.15, 0.2) is 0 Å². The third kappa shape index (κ3) is 3.00. The summed E-state index contributed by atoms with van der Waals surface area (Å²) in [6.07, 6.45) is 1.56. The van der Waals surface area contributed by atoms with E-state index < -0.39 is 0 Å². The van der Waals surface area contributed by atoms with E-state index in [9.17, 15) is 5.11 Å². The number of rotatable bonds is 4. The summed E-state index contributed by atoms with van der Waals surface area (Å²) in [7, 11) is 0. The first-order valence-electron chi connectivity index (χ1n) is 6.61. The van der Waals surface area contributed by atoms with Crippen molar-refractivity contribution in [1.82, 2.24) is 20.2 Å². The fourth-order valence-electron chi connectivity index (χ4n) is 2.11. The fourth-order valence-corrected chi connectivity index (χ4v) is 2.11. The van der Waals surface area contributed by atoms with E-state index in [-0.39, 0.29) is 11.8 Å². The van der Waals surface area contributed by atoms with Crippen LogP contribution in [0.15, 0.2) is 54.9 Å². The largest absolute Gasteiger partial charge is 0.508 e. The number of phenols is 1. The summed E-state index contributed by atoms with van der Waals surface area (Å²) < 4.78 is 1.61. The van der Waals surface area contributed by atoms with Gasteiger partial charge in [0.2, 0.25) is 0 Å². The number of nitrogens with one attached hydrogen (secondary N) is 1. The molecule has 0 aliphatic rings. The number of aromatic nitrogens is 4. The van der Waals surface area contributed by atoms with Crippen molar-refractivity contribution in [2.45, 2.75) is 13.0 Å². The zero-order chi connectivity index (χ0) is 14.7. The van der Waals surface area contributed by atoms with Gasteiger partial charge < -0.3 is 10.4 Å². The summed E-state index contributed by atoms with van der Waals surface area (Å²) in [5.74, 6) is 0.270. The molecule has 0 aliphatic heterocycles. The summed E-state index contributed by atoms with van der Waals surface area (Å²) >= 11 is 0. The average molecular weight is 281 g/mol. The molecule has 6 heteroatoms. The fraction of sp³-hybridized carbons (Fsp3) is 0.133. The van der Waals surface area contributed by atoms with Crippen molar-refractivity contribution in [3.63, 3.8) is 0 Å². The van der Waals surface area contributed by atoms with Crippen LogP contribution >= 0.6 is 0 Å². The number of hydrogen-bond acceptors (Lipinski definition) is 5. The molecule has 2 aromatic carbocycles. The molecule has 0 spiro atoms. The van der Waals surface area contributed by atoms with Crippen molar-refractivity contribution in [1.29, 1.82) is 0 Å². The highest BCUT2D eigenvalue weighted by atomic mass is 16.3. The quantitative estimate of drug-likeness (QED) is 0.768. The van der Waals surface area contributed by atoms with Gasteiger partial charge in [-0.15, -0.1) is 5.10 Å². The maximum Gasteiger partial charge on any atom is 0.143 e. The Bertz CT molecular complexity index is 709. The molecular weight excluding hydrogens is 266 g/mol. The molecule has 1 aromatic heterocycles. The van der Waals surface area contributed by atoms with Crippen molar-refractivity contribution in [2.75, 3.05) is 5.32 Å². The molecule has 0 fully saturated rings. The molecule has 0 saturated carbocycles. The second kappa shape index (κ2) is 5.62.